The quantitative estimate of drug-likeness (QED) is 0.905. The van der Waals surface area contributed by atoms with Gasteiger partial charge in [0.05, 0.1) is 24.8 Å². The van der Waals surface area contributed by atoms with Gasteiger partial charge in [-0.3, -0.25) is 4.79 Å². The fourth-order valence-electron chi connectivity index (χ4n) is 2.78. The third-order valence-electron chi connectivity index (χ3n) is 4.07. The molecule has 132 valence electrons. The normalized spacial score (nSPS) is 20.5. The number of hydrogen-bond acceptors (Lipinski definition) is 5. The van der Waals surface area contributed by atoms with E-state index in [-0.39, 0.29) is 25.0 Å². The standard InChI is InChI=1S/C18H20N2O4S/c1-11-3-5-13(6-4-11)17-19-14(10-25-17)7-16(21)20-8-12(2)24-15(9-20)18(22)23/h3-6,10,12,15H,7-9H2,1-2H3,(H,22,23)/t12-,15?/m1/s1. The lowest BCUT2D eigenvalue weighted by Gasteiger charge is -2.34. The molecule has 0 spiro atoms. The summed E-state index contributed by atoms with van der Waals surface area (Å²) in [6.45, 7) is 4.28. The van der Waals surface area contributed by atoms with Crippen LogP contribution in [0.15, 0.2) is 29.6 Å². The molecular formula is C18H20N2O4S. The first-order valence-corrected chi connectivity index (χ1v) is 8.98. The van der Waals surface area contributed by atoms with E-state index in [1.807, 2.05) is 36.6 Å². The van der Waals surface area contributed by atoms with Gasteiger partial charge < -0.3 is 14.7 Å². The molecule has 1 aliphatic heterocycles. The van der Waals surface area contributed by atoms with E-state index >= 15 is 0 Å². The van der Waals surface area contributed by atoms with E-state index in [1.54, 1.807) is 11.8 Å². The topological polar surface area (TPSA) is 79.7 Å². The van der Waals surface area contributed by atoms with Gasteiger partial charge in [-0.15, -0.1) is 11.3 Å². The number of thiazole rings is 1. The maximum atomic E-state index is 12.5. The Morgan fingerprint density at radius 2 is 2.04 bits per heavy atom. The summed E-state index contributed by atoms with van der Waals surface area (Å²) in [4.78, 5) is 29.7. The number of aliphatic carboxylic acids is 1. The Kier molecular flexibility index (Phi) is 5.15. The van der Waals surface area contributed by atoms with Crippen LogP contribution in [-0.2, 0) is 20.7 Å². The van der Waals surface area contributed by atoms with Crippen molar-refractivity contribution in [1.29, 1.82) is 0 Å². The molecule has 2 atom stereocenters. The predicted octanol–water partition coefficient (Wildman–Crippen LogP) is 2.36. The van der Waals surface area contributed by atoms with Crippen molar-refractivity contribution in [3.63, 3.8) is 0 Å². The lowest BCUT2D eigenvalue weighted by atomic mass is 10.1. The predicted molar refractivity (Wildman–Crippen MR) is 94.5 cm³/mol. The van der Waals surface area contributed by atoms with Crippen molar-refractivity contribution in [3.05, 3.63) is 40.9 Å². The third-order valence-corrected chi connectivity index (χ3v) is 5.01. The molecule has 25 heavy (non-hydrogen) atoms. The van der Waals surface area contributed by atoms with Crippen LogP contribution in [0.1, 0.15) is 18.2 Å². The van der Waals surface area contributed by atoms with Gasteiger partial charge >= 0.3 is 5.97 Å². The minimum absolute atomic E-state index is 0.0768. The van der Waals surface area contributed by atoms with Crippen LogP contribution in [-0.4, -0.2) is 52.2 Å². The average Bonchev–Trinajstić information content (AvgIpc) is 3.03. The molecule has 0 saturated carbocycles. The highest BCUT2D eigenvalue weighted by Crippen LogP contribution is 2.24. The van der Waals surface area contributed by atoms with Gasteiger partial charge in [-0.05, 0) is 13.8 Å². The maximum Gasteiger partial charge on any atom is 0.334 e. The Balaban J connectivity index is 1.67. The van der Waals surface area contributed by atoms with Crippen molar-refractivity contribution < 1.29 is 19.4 Å². The largest absolute Gasteiger partial charge is 0.479 e. The zero-order chi connectivity index (χ0) is 18.0. The van der Waals surface area contributed by atoms with Gasteiger partial charge in [0.15, 0.2) is 6.10 Å². The highest BCUT2D eigenvalue weighted by atomic mass is 32.1. The minimum atomic E-state index is -1.04. The molecule has 6 nitrogen and oxygen atoms in total. The number of benzene rings is 1. The van der Waals surface area contributed by atoms with Gasteiger partial charge in [0, 0.05) is 17.5 Å². The molecule has 1 aliphatic rings. The smallest absolute Gasteiger partial charge is 0.334 e. The molecule has 0 bridgehead atoms. The number of carbonyl (C=O) groups is 2. The van der Waals surface area contributed by atoms with Gasteiger partial charge in [-0.25, -0.2) is 9.78 Å². The van der Waals surface area contributed by atoms with Crippen LogP contribution in [0.2, 0.25) is 0 Å². The molecule has 1 saturated heterocycles. The molecule has 3 rings (SSSR count). The molecular weight excluding hydrogens is 340 g/mol. The van der Waals surface area contributed by atoms with Crippen molar-refractivity contribution in [2.75, 3.05) is 13.1 Å². The summed E-state index contributed by atoms with van der Waals surface area (Å²) in [5, 5.41) is 11.9. The van der Waals surface area contributed by atoms with E-state index in [0.717, 1.165) is 10.6 Å². The average molecular weight is 360 g/mol. The summed E-state index contributed by atoms with van der Waals surface area (Å²) in [6.07, 6.45) is -1.09. The van der Waals surface area contributed by atoms with Gasteiger partial charge in [0.1, 0.15) is 5.01 Å². The number of rotatable bonds is 4. The fraction of sp³-hybridized carbons (Fsp3) is 0.389. The van der Waals surface area contributed by atoms with Gasteiger partial charge in [-0.2, -0.15) is 0 Å². The second-order valence-corrected chi connectivity index (χ2v) is 7.12. The SMILES string of the molecule is Cc1ccc(-c2nc(CC(=O)N3CC(C(=O)O)O[C@H](C)C3)cs2)cc1. The highest BCUT2D eigenvalue weighted by Gasteiger charge is 2.32. The van der Waals surface area contributed by atoms with Crippen LogP contribution >= 0.6 is 11.3 Å². The van der Waals surface area contributed by atoms with Crippen LogP contribution in [0.25, 0.3) is 10.6 Å². The third kappa shape index (κ3) is 4.24. The molecule has 2 heterocycles. The van der Waals surface area contributed by atoms with Crippen LogP contribution in [0.4, 0.5) is 0 Å². The van der Waals surface area contributed by atoms with Crippen molar-refractivity contribution in [2.45, 2.75) is 32.5 Å². The van der Waals surface area contributed by atoms with E-state index in [9.17, 15) is 9.59 Å². The summed E-state index contributed by atoms with van der Waals surface area (Å²) >= 11 is 1.50. The molecule has 0 aliphatic carbocycles. The Morgan fingerprint density at radius 3 is 2.72 bits per heavy atom. The number of aryl methyl sites for hydroxylation is 1. The number of amides is 1. The van der Waals surface area contributed by atoms with E-state index in [2.05, 4.69) is 4.98 Å². The van der Waals surface area contributed by atoms with E-state index < -0.39 is 12.1 Å². The number of nitrogens with zero attached hydrogens (tertiary/aromatic N) is 2. The van der Waals surface area contributed by atoms with Gasteiger partial charge in [-0.1, -0.05) is 29.8 Å². The molecule has 1 aromatic heterocycles. The zero-order valence-corrected chi connectivity index (χ0v) is 15.0. The molecule has 1 amide bonds. The first-order chi connectivity index (χ1) is 11.9. The second-order valence-electron chi connectivity index (χ2n) is 6.26. The van der Waals surface area contributed by atoms with E-state index in [4.69, 9.17) is 9.84 Å². The molecule has 1 unspecified atom stereocenters. The summed E-state index contributed by atoms with van der Waals surface area (Å²) in [5.41, 5.74) is 2.92. The van der Waals surface area contributed by atoms with Crippen molar-refractivity contribution in [3.8, 4) is 10.6 Å². The first-order valence-electron chi connectivity index (χ1n) is 8.10. The lowest BCUT2D eigenvalue weighted by Crippen LogP contribution is -2.52. The Labute approximate surface area is 150 Å². The number of carboxylic acid groups (broad SMARTS) is 1. The monoisotopic (exact) mass is 360 g/mol. The molecule has 7 heteroatoms. The number of ether oxygens (including phenoxy) is 1. The molecule has 1 fully saturated rings. The van der Waals surface area contributed by atoms with E-state index in [0.29, 0.717) is 12.2 Å². The number of aromatic nitrogens is 1. The number of morpholine rings is 1. The van der Waals surface area contributed by atoms with Crippen LogP contribution in [0.3, 0.4) is 0 Å². The van der Waals surface area contributed by atoms with Gasteiger partial charge in [0.25, 0.3) is 0 Å². The zero-order valence-electron chi connectivity index (χ0n) is 14.1. The van der Waals surface area contributed by atoms with E-state index in [1.165, 1.54) is 16.9 Å². The van der Waals surface area contributed by atoms with Crippen LogP contribution in [0.5, 0.6) is 0 Å². The van der Waals surface area contributed by atoms with Crippen LogP contribution < -0.4 is 0 Å². The molecule has 1 N–H and O–H groups in total. The van der Waals surface area contributed by atoms with Crippen molar-refractivity contribution >= 4 is 23.2 Å². The molecule has 1 aromatic carbocycles. The number of carbonyl (C=O) groups excluding carboxylic acids is 1. The summed E-state index contributed by atoms with van der Waals surface area (Å²) in [6, 6.07) is 8.09. The highest BCUT2D eigenvalue weighted by molar-refractivity contribution is 7.13. The van der Waals surface area contributed by atoms with Gasteiger partial charge in [0.2, 0.25) is 5.91 Å². The van der Waals surface area contributed by atoms with Crippen molar-refractivity contribution in [2.24, 2.45) is 0 Å². The van der Waals surface area contributed by atoms with Crippen LogP contribution in [0, 0.1) is 6.92 Å². The molecule has 2 aromatic rings. The second kappa shape index (κ2) is 7.33. The lowest BCUT2D eigenvalue weighted by molar-refractivity contribution is -0.166. The minimum Gasteiger partial charge on any atom is -0.479 e. The Bertz CT molecular complexity index is 772. The maximum absolute atomic E-state index is 12.5. The summed E-state index contributed by atoms with van der Waals surface area (Å²) in [5.74, 6) is -1.16. The summed E-state index contributed by atoms with van der Waals surface area (Å²) in [7, 11) is 0. The Morgan fingerprint density at radius 1 is 1.32 bits per heavy atom. The Hall–Kier alpha value is -2.25. The molecule has 0 radical (unpaired) electrons. The van der Waals surface area contributed by atoms with Crippen molar-refractivity contribution in [1.82, 2.24) is 9.88 Å². The fourth-order valence-corrected chi connectivity index (χ4v) is 3.60. The number of carboxylic acids is 1. The summed E-state index contributed by atoms with van der Waals surface area (Å²) < 4.78 is 5.34. The number of hydrogen-bond donors (Lipinski definition) is 1. The first kappa shape index (κ1) is 17.6.